The summed E-state index contributed by atoms with van der Waals surface area (Å²) in [5, 5.41) is 1.39. The maximum atomic E-state index is 14.5. The highest BCUT2D eigenvalue weighted by Gasteiger charge is 2.57. The Morgan fingerprint density at radius 2 is 1.76 bits per heavy atom. The quantitative estimate of drug-likeness (QED) is 0.612. The van der Waals surface area contributed by atoms with Gasteiger partial charge in [0.15, 0.2) is 0 Å². The summed E-state index contributed by atoms with van der Waals surface area (Å²) in [5.41, 5.74) is -6.19. The Balaban J connectivity index is 2.81. The second-order valence-corrected chi connectivity index (χ2v) is 5.03. The Hall–Kier alpha value is -2.56. The molecule has 0 aliphatic heterocycles. The van der Waals surface area contributed by atoms with Crippen LogP contribution in [0.15, 0.2) is 30.3 Å². The lowest BCUT2D eigenvalue weighted by atomic mass is 9.97. The number of carbonyl (C=O) groups is 1. The van der Waals surface area contributed by atoms with Crippen LogP contribution in [-0.4, -0.2) is 34.3 Å². The monoisotopic (exact) mass is 367 g/mol. The minimum Gasteiger partial charge on any atom is -0.363 e. The molecular weight excluding hydrogens is 356 g/mol. The number of methoxy groups -OCH3 is 1. The van der Waals surface area contributed by atoms with E-state index < -0.39 is 40.2 Å². The third-order valence-corrected chi connectivity index (χ3v) is 3.60. The highest BCUT2D eigenvalue weighted by Crippen LogP contribution is 2.43. The molecule has 5 nitrogen and oxygen atoms in total. The maximum absolute atomic E-state index is 14.5. The minimum absolute atomic E-state index is 0.0646. The van der Waals surface area contributed by atoms with Crippen molar-refractivity contribution in [1.29, 1.82) is 0 Å². The number of aromatic nitrogens is 2. The van der Waals surface area contributed by atoms with Crippen LogP contribution in [0.2, 0.25) is 0 Å². The number of ether oxygens (including phenoxy) is 1. The van der Waals surface area contributed by atoms with E-state index in [1.165, 1.54) is 30.3 Å². The van der Waals surface area contributed by atoms with E-state index in [0.29, 0.717) is 18.7 Å². The van der Waals surface area contributed by atoms with Crippen molar-refractivity contribution in [2.45, 2.75) is 18.7 Å². The fourth-order valence-electron chi connectivity index (χ4n) is 2.09. The van der Waals surface area contributed by atoms with Crippen molar-refractivity contribution in [3.63, 3.8) is 0 Å². The van der Waals surface area contributed by atoms with Crippen molar-refractivity contribution in [2.75, 3.05) is 7.11 Å². The van der Waals surface area contributed by atoms with Crippen LogP contribution >= 0.6 is 0 Å². The topological polar surface area (TPSA) is 47.4 Å². The first-order chi connectivity index (χ1) is 11.5. The predicted octanol–water partition coefficient (Wildman–Crippen LogP) is 3.65. The van der Waals surface area contributed by atoms with Gasteiger partial charge in [-0.3, -0.25) is 4.79 Å². The molecule has 2 rings (SSSR count). The molecule has 0 aliphatic carbocycles. The molecule has 1 aromatic heterocycles. The Bertz CT molecular complexity index is 775. The van der Waals surface area contributed by atoms with Crippen molar-refractivity contribution in [3.05, 3.63) is 47.5 Å². The molecule has 136 valence electrons. The van der Waals surface area contributed by atoms with E-state index in [4.69, 9.17) is 0 Å². The van der Waals surface area contributed by atoms with Gasteiger partial charge in [-0.05, 0) is 19.1 Å². The molecule has 0 aliphatic rings. The van der Waals surface area contributed by atoms with E-state index in [0.717, 1.165) is 0 Å². The lowest BCUT2D eigenvalue weighted by Crippen LogP contribution is -2.43. The zero-order valence-electron chi connectivity index (χ0n) is 12.8. The van der Waals surface area contributed by atoms with Crippen molar-refractivity contribution in [2.24, 2.45) is 0 Å². The lowest BCUT2D eigenvalue weighted by molar-refractivity contribution is -0.270. The van der Waals surface area contributed by atoms with Gasteiger partial charge in [-0.15, -0.1) is 0 Å². The van der Waals surface area contributed by atoms with E-state index in [1.807, 2.05) is 0 Å². The predicted molar refractivity (Wildman–Crippen MR) is 72.3 cm³/mol. The molecule has 2 aromatic rings. The summed E-state index contributed by atoms with van der Waals surface area (Å²) < 4.78 is 84.6. The summed E-state index contributed by atoms with van der Waals surface area (Å²) in [6, 6.07) is 6.93. The van der Waals surface area contributed by atoms with Crippen molar-refractivity contribution in [1.82, 2.24) is 15.1 Å². The Morgan fingerprint density at radius 3 is 2.20 bits per heavy atom. The largest absolute Gasteiger partial charge is 0.423 e. The summed E-state index contributed by atoms with van der Waals surface area (Å²) in [6.45, 7) is 0.460. The number of hydrogen-bond acceptors (Lipinski definition) is 3. The van der Waals surface area contributed by atoms with E-state index in [1.54, 1.807) is 0 Å². The van der Waals surface area contributed by atoms with Gasteiger partial charge in [0.1, 0.15) is 11.3 Å². The minimum atomic E-state index is -5.16. The number of para-hydroxylation sites is 1. The average molecular weight is 367 g/mol. The van der Waals surface area contributed by atoms with Crippen molar-refractivity contribution in [3.8, 4) is 5.69 Å². The fraction of sp³-hybridized carbons (Fsp3) is 0.286. The van der Waals surface area contributed by atoms with Gasteiger partial charge in [-0.1, -0.05) is 27.2 Å². The molecule has 0 N–H and O–H groups in total. The summed E-state index contributed by atoms with van der Waals surface area (Å²) in [5.74, 6) is -3.94. The summed E-state index contributed by atoms with van der Waals surface area (Å²) in [6.07, 6.45) is -5.16. The van der Waals surface area contributed by atoms with E-state index in [2.05, 4.69) is 9.84 Å². The molecule has 1 unspecified atom stereocenters. The number of carbonyl (C=O) groups excluding carboxylic acids is 1. The highest BCUT2D eigenvalue weighted by molar-refractivity contribution is 5.94. The second kappa shape index (κ2) is 6.39. The van der Waals surface area contributed by atoms with Crippen LogP contribution in [0, 0.1) is 5.95 Å². The average Bonchev–Trinajstić information content (AvgIpc) is 2.90. The number of rotatable bonds is 4. The van der Waals surface area contributed by atoms with Crippen LogP contribution < -0.4 is 0 Å². The third-order valence-electron chi connectivity index (χ3n) is 3.60. The standard InChI is InChI=1S/C14H11F6N3O2/c1-13(25-2,14(16,17)18)10-9(12(24)23(19)20)11(15)22(21-10)8-6-4-3-5-7-8/h3-7H,1-2H3. The SMILES string of the molecule is COC(C)(c1nn(-c2ccccc2)c(F)c1C(=O)N(F)F)C(F)(F)F. The number of nitrogens with zero attached hydrogens (tertiary/aromatic N) is 3. The fourth-order valence-corrected chi connectivity index (χ4v) is 2.09. The molecule has 1 heterocycles. The Labute approximate surface area is 137 Å². The van der Waals surface area contributed by atoms with Gasteiger partial charge < -0.3 is 4.74 Å². The summed E-state index contributed by atoms with van der Waals surface area (Å²) >= 11 is 0. The molecular formula is C14H11F6N3O2. The molecule has 0 saturated carbocycles. The number of benzene rings is 1. The first kappa shape index (κ1) is 18.8. The van der Waals surface area contributed by atoms with Gasteiger partial charge in [-0.25, -0.2) is 4.68 Å². The second-order valence-electron chi connectivity index (χ2n) is 5.03. The van der Waals surface area contributed by atoms with Crippen molar-refractivity contribution >= 4 is 5.91 Å². The van der Waals surface area contributed by atoms with Crippen LogP contribution in [0.1, 0.15) is 23.0 Å². The molecule has 0 fully saturated rings. The van der Waals surface area contributed by atoms with Gasteiger partial charge >= 0.3 is 12.1 Å². The van der Waals surface area contributed by atoms with Gasteiger partial charge in [-0.2, -0.15) is 22.7 Å². The molecule has 0 saturated heterocycles. The summed E-state index contributed by atoms with van der Waals surface area (Å²) in [7, 11) is 0.643. The first-order valence-corrected chi connectivity index (χ1v) is 6.67. The van der Waals surface area contributed by atoms with E-state index >= 15 is 0 Å². The number of alkyl halides is 3. The third kappa shape index (κ3) is 3.06. The molecule has 1 amide bonds. The van der Waals surface area contributed by atoms with Crippen LogP contribution in [0.4, 0.5) is 26.5 Å². The Morgan fingerprint density at radius 1 is 1.20 bits per heavy atom. The molecule has 0 radical (unpaired) electrons. The highest BCUT2D eigenvalue weighted by atomic mass is 19.4. The molecule has 1 atom stereocenters. The van der Waals surface area contributed by atoms with Gasteiger partial charge in [0, 0.05) is 12.5 Å². The summed E-state index contributed by atoms with van der Waals surface area (Å²) in [4.78, 5) is 11.6. The van der Waals surface area contributed by atoms with E-state index in [-0.39, 0.29) is 5.69 Å². The zero-order valence-corrected chi connectivity index (χ0v) is 12.8. The number of halogens is 6. The van der Waals surface area contributed by atoms with Crippen LogP contribution in [0.5, 0.6) is 0 Å². The lowest BCUT2D eigenvalue weighted by Gasteiger charge is -2.29. The zero-order chi connectivity index (χ0) is 19.0. The molecule has 0 spiro atoms. The van der Waals surface area contributed by atoms with Gasteiger partial charge in [0.05, 0.1) is 5.69 Å². The first-order valence-electron chi connectivity index (χ1n) is 6.67. The Kier molecular flexibility index (Phi) is 4.80. The van der Waals surface area contributed by atoms with Crippen molar-refractivity contribution < 1.29 is 36.1 Å². The van der Waals surface area contributed by atoms with Crippen LogP contribution in [0.3, 0.4) is 0 Å². The molecule has 1 aromatic carbocycles. The van der Waals surface area contributed by atoms with Gasteiger partial charge in [0.2, 0.25) is 11.5 Å². The molecule has 25 heavy (non-hydrogen) atoms. The maximum Gasteiger partial charge on any atom is 0.423 e. The van der Waals surface area contributed by atoms with Gasteiger partial charge in [0.25, 0.3) is 0 Å². The number of amides is 1. The molecule has 0 bridgehead atoms. The van der Waals surface area contributed by atoms with E-state index in [9.17, 15) is 31.3 Å². The molecule has 11 heteroatoms. The van der Waals surface area contributed by atoms with Crippen LogP contribution in [-0.2, 0) is 10.3 Å². The van der Waals surface area contributed by atoms with Crippen LogP contribution in [0.25, 0.3) is 5.69 Å². The smallest absolute Gasteiger partial charge is 0.363 e. The normalized spacial score (nSPS) is 14.2. The number of hydrogen-bond donors (Lipinski definition) is 0.